The molecule has 1 aliphatic rings. The first-order chi connectivity index (χ1) is 31.2. The molecule has 0 amide bonds. The smallest absolute Gasteiger partial charge is 0.0542 e. The van der Waals surface area contributed by atoms with Gasteiger partial charge in [0.2, 0.25) is 0 Å². The van der Waals surface area contributed by atoms with Crippen LogP contribution in [0.5, 0.6) is 0 Å². The van der Waals surface area contributed by atoms with E-state index in [9.17, 15) is 0 Å². The number of hydrogen-bond acceptors (Lipinski definition) is 2. The summed E-state index contributed by atoms with van der Waals surface area (Å²) in [6.45, 7) is 0. The standard InChI is InChI=1S/C60H38N2S/c1-3-16-40(17-4-1)59(41-18-5-2-6-19-41)60-51-24-10-9-21-47(51)48-32-29-44(38-54(48)60)61(46-31-34-58-53(37-46)50-23-12-14-26-57(50)63-58)45-30-33-56-52(36-45)49-22-11-13-25-55(49)62(56)43-28-27-39-15-7-8-20-42(39)35-43/h1-38H. The number of thiophene rings is 1. The van der Waals surface area contributed by atoms with E-state index in [1.165, 1.54) is 97.3 Å². The number of para-hydroxylation sites is 1. The van der Waals surface area contributed by atoms with Gasteiger partial charge in [0.15, 0.2) is 0 Å². The third-order valence-electron chi connectivity index (χ3n) is 12.9. The lowest BCUT2D eigenvalue weighted by molar-refractivity contribution is 1.18. The minimum atomic E-state index is 1.11. The normalized spacial score (nSPS) is 12.1. The van der Waals surface area contributed by atoms with Crippen molar-refractivity contribution in [1.29, 1.82) is 0 Å². The summed E-state index contributed by atoms with van der Waals surface area (Å²) in [6, 6.07) is 84.9. The molecule has 1 aliphatic carbocycles. The second-order valence-electron chi connectivity index (χ2n) is 16.5. The topological polar surface area (TPSA) is 8.17 Å². The van der Waals surface area contributed by atoms with E-state index in [0.717, 1.165) is 22.7 Å². The molecule has 0 radical (unpaired) electrons. The minimum Gasteiger partial charge on any atom is -0.310 e. The summed E-state index contributed by atoms with van der Waals surface area (Å²) in [5.41, 5.74) is 16.8. The molecule has 0 saturated heterocycles. The predicted molar refractivity (Wildman–Crippen MR) is 269 cm³/mol. The molecule has 63 heavy (non-hydrogen) atoms. The van der Waals surface area contributed by atoms with E-state index in [1.54, 1.807) is 0 Å². The average Bonchev–Trinajstić information content (AvgIpc) is 4.00. The van der Waals surface area contributed by atoms with Crippen LogP contribution in [0.3, 0.4) is 0 Å². The molecule has 10 aromatic carbocycles. The summed E-state index contributed by atoms with van der Waals surface area (Å²) in [6.07, 6.45) is 0. The van der Waals surface area contributed by atoms with Gasteiger partial charge in [-0.1, -0.05) is 158 Å². The third-order valence-corrected chi connectivity index (χ3v) is 14.1. The summed E-state index contributed by atoms with van der Waals surface area (Å²) in [5, 5.41) is 7.48. The average molecular weight is 819 g/mol. The first kappa shape index (κ1) is 35.7. The summed E-state index contributed by atoms with van der Waals surface area (Å²) in [7, 11) is 0. The summed E-state index contributed by atoms with van der Waals surface area (Å²) in [5.74, 6) is 0. The van der Waals surface area contributed by atoms with Gasteiger partial charge in [-0.15, -0.1) is 11.3 Å². The lowest BCUT2D eigenvalue weighted by Crippen LogP contribution is -2.10. The maximum atomic E-state index is 2.47. The molecule has 12 aromatic rings. The molecule has 0 bridgehead atoms. The highest BCUT2D eigenvalue weighted by molar-refractivity contribution is 7.25. The van der Waals surface area contributed by atoms with Crippen molar-refractivity contribution in [3.63, 3.8) is 0 Å². The Labute approximate surface area is 369 Å². The molecule has 2 heterocycles. The quantitative estimate of drug-likeness (QED) is 0.162. The van der Waals surface area contributed by atoms with Crippen LogP contribution in [0.15, 0.2) is 231 Å². The second-order valence-corrected chi connectivity index (χ2v) is 17.5. The fraction of sp³-hybridized carbons (Fsp3) is 0. The maximum absolute atomic E-state index is 2.47. The Bertz CT molecular complexity index is 3760. The van der Waals surface area contributed by atoms with Crippen molar-refractivity contribution < 1.29 is 0 Å². The molecule has 3 heteroatoms. The van der Waals surface area contributed by atoms with E-state index in [1.807, 2.05) is 11.3 Å². The molecule has 0 N–H and O–H groups in total. The first-order valence-electron chi connectivity index (χ1n) is 21.6. The van der Waals surface area contributed by atoms with Crippen LogP contribution >= 0.6 is 11.3 Å². The van der Waals surface area contributed by atoms with Crippen molar-refractivity contribution in [2.45, 2.75) is 0 Å². The highest BCUT2D eigenvalue weighted by atomic mass is 32.1. The van der Waals surface area contributed by atoms with Crippen LogP contribution in [-0.4, -0.2) is 4.57 Å². The Hall–Kier alpha value is -7.98. The van der Waals surface area contributed by atoms with Gasteiger partial charge in [0.1, 0.15) is 0 Å². The fourth-order valence-corrected chi connectivity index (χ4v) is 11.2. The highest BCUT2D eigenvalue weighted by Crippen LogP contribution is 2.51. The number of fused-ring (bicyclic) bond motifs is 10. The molecular formula is C60H38N2S. The van der Waals surface area contributed by atoms with Crippen LogP contribution in [0.2, 0.25) is 0 Å². The van der Waals surface area contributed by atoms with E-state index in [0.29, 0.717) is 0 Å². The van der Waals surface area contributed by atoms with E-state index in [2.05, 4.69) is 240 Å². The van der Waals surface area contributed by atoms with Gasteiger partial charge in [0, 0.05) is 53.7 Å². The van der Waals surface area contributed by atoms with Gasteiger partial charge in [-0.05, 0) is 128 Å². The predicted octanol–water partition coefficient (Wildman–Crippen LogP) is 16.8. The largest absolute Gasteiger partial charge is 0.310 e. The van der Waals surface area contributed by atoms with Gasteiger partial charge < -0.3 is 9.47 Å². The van der Waals surface area contributed by atoms with Crippen molar-refractivity contribution in [1.82, 2.24) is 4.57 Å². The third kappa shape index (κ3) is 5.71. The molecule has 0 aliphatic heterocycles. The lowest BCUT2D eigenvalue weighted by Gasteiger charge is -2.27. The number of benzene rings is 10. The van der Waals surface area contributed by atoms with Crippen molar-refractivity contribution >= 4 is 92.3 Å². The molecular weight excluding hydrogens is 781 g/mol. The van der Waals surface area contributed by atoms with E-state index < -0.39 is 0 Å². The molecule has 2 aromatic heterocycles. The zero-order valence-electron chi connectivity index (χ0n) is 34.2. The fourth-order valence-electron chi connectivity index (χ4n) is 10.1. The van der Waals surface area contributed by atoms with Crippen LogP contribution in [0, 0.1) is 0 Å². The molecule has 294 valence electrons. The molecule has 0 atom stereocenters. The SMILES string of the molecule is c1ccc(C(=C2c3ccccc3-c3ccc(N(c4ccc5sc6ccccc6c5c4)c4ccc5c(c4)c4ccccc4n5-c4ccc5ccccc5c4)cc32)c2ccccc2)cc1. The van der Waals surface area contributed by atoms with Crippen LogP contribution in [0.1, 0.15) is 22.3 Å². The van der Waals surface area contributed by atoms with Gasteiger partial charge in [0.25, 0.3) is 0 Å². The summed E-state index contributed by atoms with van der Waals surface area (Å²) < 4.78 is 5.02. The molecule has 13 rings (SSSR count). The van der Waals surface area contributed by atoms with Crippen LogP contribution in [0.4, 0.5) is 17.1 Å². The first-order valence-corrected chi connectivity index (χ1v) is 22.4. The van der Waals surface area contributed by atoms with Gasteiger partial charge in [-0.3, -0.25) is 0 Å². The zero-order valence-corrected chi connectivity index (χ0v) is 35.1. The summed E-state index contributed by atoms with van der Waals surface area (Å²) in [4.78, 5) is 2.47. The molecule has 2 nitrogen and oxygen atoms in total. The van der Waals surface area contributed by atoms with Crippen LogP contribution in [0.25, 0.3) is 80.7 Å². The van der Waals surface area contributed by atoms with Crippen molar-refractivity contribution in [2.75, 3.05) is 4.90 Å². The Morgan fingerprint density at radius 3 is 1.73 bits per heavy atom. The maximum Gasteiger partial charge on any atom is 0.0542 e. The molecule has 0 spiro atoms. The Morgan fingerprint density at radius 1 is 0.349 bits per heavy atom. The number of rotatable bonds is 6. The van der Waals surface area contributed by atoms with Crippen LogP contribution < -0.4 is 4.90 Å². The van der Waals surface area contributed by atoms with Crippen molar-refractivity contribution in [3.8, 4) is 16.8 Å². The van der Waals surface area contributed by atoms with Crippen LogP contribution in [-0.2, 0) is 0 Å². The number of nitrogens with zero attached hydrogens (tertiary/aromatic N) is 2. The van der Waals surface area contributed by atoms with E-state index in [-0.39, 0.29) is 0 Å². The number of aromatic nitrogens is 1. The Kier molecular flexibility index (Phi) is 8.12. The molecule has 0 unspecified atom stereocenters. The highest BCUT2D eigenvalue weighted by Gasteiger charge is 2.29. The van der Waals surface area contributed by atoms with Crippen molar-refractivity contribution in [3.05, 3.63) is 253 Å². The zero-order chi connectivity index (χ0) is 41.4. The molecule has 0 fully saturated rings. The van der Waals surface area contributed by atoms with Gasteiger partial charge in [0.05, 0.1) is 11.0 Å². The minimum absolute atomic E-state index is 1.11. The van der Waals surface area contributed by atoms with Gasteiger partial charge >= 0.3 is 0 Å². The number of hydrogen-bond donors (Lipinski definition) is 0. The monoisotopic (exact) mass is 818 g/mol. The van der Waals surface area contributed by atoms with E-state index in [4.69, 9.17) is 0 Å². The van der Waals surface area contributed by atoms with Gasteiger partial charge in [-0.25, -0.2) is 0 Å². The Balaban J connectivity index is 1.07. The second kappa shape index (κ2) is 14.3. The van der Waals surface area contributed by atoms with E-state index >= 15 is 0 Å². The lowest BCUT2D eigenvalue weighted by atomic mass is 9.88. The number of anilines is 3. The Morgan fingerprint density at radius 2 is 0.921 bits per heavy atom. The van der Waals surface area contributed by atoms with Crippen molar-refractivity contribution in [2.24, 2.45) is 0 Å². The summed E-state index contributed by atoms with van der Waals surface area (Å²) >= 11 is 1.86. The molecule has 0 saturated carbocycles. The van der Waals surface area contributed by atoms with Gasteiger partial charge in [-0.2, -0.15) is 0 Å².